The zero-order valence-corrected chi connectivity index (χ0v) is 9.87. The normalized spacial score (nSPS) is 10.7. The lowest BCUT2D eigenvalue weighted by Crippen LogP contribution is -1.98. The van der Waals surface area contributed by atoms with Gasteiger partial charge < -0.3 is 0 Å². The lowest BCUT2D eigenvalue weighted by atomic mass is 10.2. The summed E-state index contributed by atoms with van der Waals surface area (Å²) < 4.78 is 1.77. The number of aromatic nitrogens is 4. The minimum atomic E-state index is 0.376. The van der Waals surface area contributed by atoms with Crippen molar-refractivity contribution in [2.24, 2.45) is 0 Å². The van der Waals surface area contributed by atoms with E-state index in [0.717, 1.165) is 0 Å². The summed E-state index contributed by atoms with van der Waals surface area (Å²) in [6.07, 6.45) is 8.76. The number of halogens is 1. The van der Waals surface area contributed by atoms with Gasteiger partial charge >= 0.3 is 0 Å². The average molecular weight is 259 g/mol. The first kappa shape index (κ1) is 10.9. The highest BCUT2D eigenvalue weighted by Gasteiger charge is 2.11. The Hall–Kier alpha value is -2.27. The SMILES string of the molecule is O=Cc1cnc2c(ccn2-c2cnccn2)c1Cl. The van der Waals surface area contributed by atoms with Crippen LogP contribution in [0.25, 0.3) is 16.9 Å². The van der Waals surface area contributed by atoms with Crippen molar-refractivity contribution in [2.45, 2.75) is 0 Å². The molecule has 0 unspecified atom stereocenters. The minimum Gasteiger partial charge on any atom is -0.298 e. The summed E-state index contributed by atoms with van der Waals surface area (Å²) in [5.74, 6) is 0.648. The van der Waals surface area contributed by atoms with Crippen LogP contribution in [-0.4, -0.2) is 25.8 Å². The zero-order valence-electron chi connectivity index (χ0n) is 9.12. The van der Waals surface area contributed by atoms with E-state index in [9.17, 15) is 4.79 Å². The van der Waals surface area contributed by atoms with Crippen LogP contribution in [0.3, 0.4) is 0 Å². The van der Waals surface area contributed by atoms with Gasteiger partial charge in [-0.1, -0.05) is 11.6 Å². The predicted octanol–water partition coefficient (Wildman–Crippen LogP) is 2.28. The van der Waals surface area contributed by atoms with Crippen LogP contribution < -0.4 is 0 Å². The number of hydrogen-bond donors (Lipinski definition) is 0. The first-order chi connectivity index (χ1) is 8.81. The van der Waals surface area contributed by atoms with E-state index < -0.39 is 0 Å². The molecule has 3 rings (SSSR count). The van der Waals surface area contributed by atoms with Crippen LogP contribution in [0.4, 0.5) is 0 Å². The molecule has 3 heterocycles. The molecule has 18 heavy (non-hydrogen) atoms. The second-order valence-electron chi connectivity index (χ2n) is 3.63. The van der Waals surface area contributed by atoms with Gasteiger partial charge in [0.05, 0.1) is 16.8 Å². The summed E-state index contributed by atoms with van der Waals surface area (Å²) >= 11 is 6.12. The molecule has 88 valence electrons. The summed E-state index contributed by atoms with van der Waals surface area (Å²) in [4.78, 5) is 23.2. The number of rotatable bonds is 2. The highest BCUT2D eigenvalue weighted by Crippen LogP contribution is 2.26. The molecule has 0 N–H and O–H groups in total. The fourth-order valence-corrected chi connectivity index (χ4v) is 1.99. The van der Waals surface area contributed by atoms with Crippen molar-refractivity contribution in [3.63, 3.8) is 0 Å². The Bertz CT molecular complexity index is 724. The molecule has 6 heteroatoms. The molecule has 0 atom stereocenters. The van der Waals surface area contributed by atoms with Crippen LogP contribution in [0.1, 0.15) is 10.4 Å². The van der Waals surface area contributed by atoms with Gasteiger partial charge in [-0.2, -0.15) is 0 Å². The molecule has 0 aromatic carbocycles. The molecule has 0 aliphatic heterocycles. The van der Waals surface area contributed by atoms with Crippen LogP contribution >= 0.6 is 11.6 Å². The van der Waals surface area contributed by atoms with Gasteiger partial charge in [-0.05, 0) is 6.07 Å². The maximum atomic E-state index is 10.8. The van der Waals surface area contributed by atoms with Gasteiger partial charge in [0.1, 0.15) is 5.65 Å². The summed E-state index contributed by atoms with van der Waals surface area (Å²) in [6, 6.07) is 1.80. The van der Waals surface area contributed by atoms with E-state index in [0.29, 0.717) is 33.7 Å². The first-order valence-corrected chi connectivity index (χ1v) is 5.56. The molecule has 0 spiro atoms. The van der Waals surface area contributed by atoms with Gasteiger partial charge in [-0.25, -0.2) is 9.97 Å². The van der Waals surface area contributed by atoms with Crippen LogP contribution in [0.5, 0.6) is 0 Å². The summed E-state index contributed by atoms with van der Waals surface area (Å²) in [5.41, 5.74) is 1.02. The van der Waals surface area contributed by atoms with E-state index in [4.69, 9.17) is 11.6 Å². The highest BCUT2D eigenvalue weighted by molar-refractivity contribution is 6.37. The van der Waals surface area contributed by atoms with Gasteiger partial charge in [0.25, 0.3) is 0 Å². The Morgan fingerprint density at radius 2 is 2.11 bits per heavy atom. The largest absolute Gasteiger partial charge is 0.298 e. The number of aldehydes is 1. The number of nitrogens with zero attached hydrogens (tertiary/aromatic N) is 4. The monoisotopic (exact) mass is 258 g/mol. The number of hydrogen-bond acceptors (Lipinski definition) is 4. The van der Waals surface area contributed by atoms with Crippen molar-refractivity contribution in [3.05, 3.63) is 47.6 Å². The quantitative estimate of drug-likeness (QED) is 0.662. The van der Waals surface area contributed by atoms with Crippen LogP contribution in [-0.2, 0) is 0 Å². The fraction of sp³-hybridized carbons (Fsp3) is 0. The third-order valence-corrected chi connectivity index (χ3v) is 3.02. The molecule has 0 amide bonds. The van der Waals surface area contributed by atoms with Gasteiger partial charge in [0, 0.05) is 30.2 Å². The lowest BCUT2D eigenvalue weighted by molar-refractivity contribution is 0.112. The number of carbonyl (C=O) groups is 1. The maximum absolute atomic E-state index is 10.8. The molecule has 3 aromatic rings. The van der Waals surface area contributed by atoms with Gasteiger partial charge in [-0.15, -0.1) is 0 Å². The molecule has 0 saturated heterocycles. The summed E-state index contributed by atoms with van der Waals surface area (Å²) in [6.45, 7) is 0. The van der Waals surface area contributed by atoms with E-state index in [1.807, 2.05) is 0 Å². The van der Waals surface area contributed by atoms with Gasteiger partial charge in [-0.3, -0.25) is 14.3 Å². The van der Waals surface area contributed by atoms with Crippen molar-refractivity contribution >= 4 is 28.9 Å². The Morgan fingerprint density at radius 1 is 1.22 bits per heavy atom. The number of fused-ring (bicyclic) bond motifs is 1. The second kappa shape index (κ2) is 4.19. The minimum absolute atomic E-state index is 0.376. The van der Waals surface area contributed by atoms with Gasteiger partial charge in [0.15, 0.2) is 12.1 Å². The van der Waals surface area contributed by atoms with Gasteiger partial charge in [0.2, 0.25) is 0 Å². The van der Waals surface area contributed by atoms with E-state index in [1.165, 1.54) is 6.20 Å². The molecule has 0 bridgehead atoms. The average Bonchev–Trinajstić information content (AvgIpc) is 2.85. The topological polar surface area (TPSA) is 60.7 Å². The van der Waals surface area contributed by atoms with Crippen molar-refractivity contribution in [3.8, 4) is 5.82 Å². The Balaban J connectivity index is 2.28. The van der Waals surface area contributed by atoms with E-state index in [2.05, 4.69) is 15.0 Å². The molecule has 0 saturated carbocycles. The second-order valence-corrected chi connectivity index (χ2v) is 4.01. The standard InChI is InChI=1S/C12H7ClN4O/c13-11-8(7-18)5-16-12-9(11)1-4-17(12)10-6-14-2-3-15-10/h1-7H. The van der Waals surface area contributed by atoms with E-state index in [-0.39, 0.29) is 0 Å². The third-order valence-electron chi connectivity index (χ3n) is 2.60. The van der Waals surface area contributed by atoms with Crippen LogP contribution in [0, 0.1) is 0 Å². The van der Waals surface area contributed by atoms with E-state index >= 15 is 0 Å². The summed E-state index contributed by atoms with van der Waals surface area (Å²) in [7, 11) is 0. The highest BCUT2D eigenvalue weighted by atomic mass is 35.5. The molecule has 0 aliphatic carbocycles. The molecular weight excluding hydrogens is 252 g/mol. The van der Waals surface area contributed by atoms with Crippen molar-refractivity contribution in [2.75, 3.05) is 0 Å². The van der Waals surface area contributed by atoms with Crippen molar-refractivity contribution in [1.29, 1.82) is 0 Å². The Labute approximate surface area is 107 Å². The molecular formula is C12H7ClN4O. The predicted molar refractivity (Wildman–Crippen MR) is 67.1 cm³/mol. The van der Waals surface area contributed by atoms with Crippen LogP contribution in [0.2, 0.25) is 5.02 Å². The molecule has 0 fully saturated rings. The number of carbonyl (C=O) groups excluding carboxylic acids is 1. The first-order valence-electron chi connectivity index (χ1n) is 5.18. The fourth-order valence-electron chi connectivity index (χ4n) is 1.75. The summed E-state index contributed by atoms with van der Waals surface area (Å²) in [5, 5.41) is 1.12. The van der Waals surface area contributed by atoms with Crippen molar-refractivity contribution < 1.29 is 4.79 Å². The maximum Gasteiger partial charge on any atom is 0.156 e. The molecule has 0 aliphatic rings. The third kappa shape index (κ3) is 1.56. The zero-order chi connectivity index (χ0) is 12.5. The number of pyridine rings is 1. The Morgan fingerprint density at radius 3 is 2.83 bits per heavy atom. The van der Waals surface area contributed by atoms with E-state index in [1.54, 1.807) is 35.4 Å². The Kier molecular flexibility index (Phi) is 2.53. The smallest absolute Gasteiger partial charge is 0.156 e. The lowest BCUT2D eigenvalue weighted by Gasteiger charge is -2.03. The van der Waals surface area contributed by atoms with Crippen LogP contribution in [0.15, 0.2) is 37.1 Å². The molecule has 3 aromatic heterocycles. The molecule has 0 radical (unpaired) electrons. The molecule has 5 nitrogen and oxygen atoms in total. The van der Waals surface area contributed by atoms with Crippen molar-refractivity contribution in [1.82, 2.24) is 19.5 Å².